The van der Waals surface area contributed by atoms with E-state index >= 15 is 0 Å². The number of methoxy groups -OCH3 is 1. The van der Waals surface area contributed by atoms with Crippen molar-refractivity contribution in [3.05, 3.63) is 78.4 Å². The van der Waals surface area contributed by atoms with Crippen LogP contribution in [-0.2, 0) is 9.53 Å². The van der Waals surface area contributed by atoms with E-state index in [9.17, 15) is 9.59 Å². The molecule has 0 bridgehead atoms. The fourth-order valence-corrected chi connectivity index (χ4v) is 3.29. The Morgan fingerprint density at radius 3 is 2.47 bits per heavy atom. The normalized spacial score (nSPS) is 11.7. The van der Waals surface area contributed by atoms with Gasteiger partial charge >= 0.3 is 5.97 Å². The molecule has 1 aromatic heterocycles. The third kappa shape index (κ3) is 4.62. The summed E-state index contributed by atoms with van der Waals surface area (Å²) in [5.41, 5.74) is 3.35. The highest BCUT2D eigenvalue weighted by Gasteiger charge is 2.22. The van der Waals surface area contributed by atoms with Crippen LogP contribution in [0.25, 0.3) is 22.4 Å². The lowest BCUT2D eigenvalue weighted by Gasteiger charge is -2.16. The monoisotopic (exact) mass is 429 g/mol. The van der Waals surface area contributed by atoms with E-state index in [1.54, 1.807) is 56.5 Å². The third-order valence-corrected chi connectivity index (χ3v) is 5.03. The zero-order valence-corrected chi connectivity index (χ0v) is 17.8. The zero-order valence-electron chi connectivity index (χ0n) is 17.8. The molecular formula is C25H23N3O4. The standard InChI is InChI=1S/C25H23N3O4/c1-3-22(24(29)26-18-10-12-19(31-2)13-11-18)32-25(30)17-9-14-20-21(15-17)28-23(27-20)16-7-5-4-6-8-16/h4-15,22H,3H2,1-2H3,(H,26,29)(H,27,28). The Kier molecular flexibility index (Phi) is 6.17. The fraction of sp³-hybridized carbons (Fsp3) is 0.160. The maximum absolute atomic E-state index is 12.7. The SMILES string of the molecule is CCC(OC(=O)c1ccc2nc(-c3ccccc3)[nH]c2c1)C(=O)Nc1ccc(OC)cc1. The molecule has 7 nitrogen and oxygen atoms in total. The Morgan fingerprint density at radius 2 is 1.78 bits per heavy atom. The zero-order chi connectivity index (χ0) is 22.5. The molecule has 0 fully saturated rings. The van der Waals surface area contributed by atoms with Gasteiger partial charge in [-0.2, -0.15) is 0 Å². The number of carbonyl (C=O) groups is 2. The van der Waals surface area contributed by atoms with E-state index in [0.29, 0.717) is 28.9 Å². The van der Waals surface area contributed by atoms with Gasteiger partial charge in [-0.15, -0.1) is 0 Å². The highest BCUT2D eigenvalue weighted by atomic mass is 16.5. The topological polar surface area (TPSA) is 93.3 Å². The second kappa shape index (κ2) is 9.34. The number of carbonyl (C=O) groups excluding carboxylic acids is 2. The van der Waals surface area contributed by atoms with Crippen molar-refractivity contribution >= 4 is 28.6 Å². The van der Waals surface area contributed by atoms with Gasteiger partial charge in [-0.1, -0.05) is 37.3 Å². The summed E-state index contributed by atoms with van der Waals surface area (Å²) >= 11 is 0. The summed E-state index contributed by atoms with van der Waals surface area (Å²) in [5.74, 6) is 0.446. The summed E-state index contributed by atoms with van der Waals surface area (Å²) in [7, 11) is 1.57. The van der Waals surface area contributed by atoms with Gasteiger partial charge < -0.3 is 19.8 Å². The van der Waals surface area contributed by atoms with Crippen molar-refractivity contribution in [2.24, 2.45) is 0 Å². The number of rotatable bonds is 7. The van der Waals surface area contributed by atoms with Gasteiger partial charge in [0.25, 0.3) is 5.91 Å². The molecule has 3 aromatic carbocycles. The molecule has 0 saturated carbocycles. The molecule has 0 aliphatic heterocycles. The summed E-state index contributed by atoms with van der Waals surface area (Å²) < 4.78 is 10.6. The van der Waals surface area contributed by atoms with Gasteiger partial charge in [-0.05, 0) is 48.9 Å². The first-order valence-corrected chi connectivity index (χ1v) is 10.3. The molecule has 1 amide bonds. The van der Waals surface area contributed by atoms with Gasteiger partial charge in [0, 0.05) is 11.3 Å². The van der Waals surface area contributed by atoms with Crippen molar-refractivity contribution in [2.45, 2.75) is 19.4 Å². The second-order valence-corrected chi connectivity index (χ2v) is 7.20. The molecule has 0 aliphatic carbocycles. The van der Waals surface area contributed by atoms with Gasteiger partial charge in [0.05, 0.1) is 23.7 Å². The number of nitrogens with zero attached hydrogens (tertiary/aromatic N) is 1. The number of aromatic nitrogens is 2. The molecular weight excluding hydrogens is 406 g/mol. The van der Waals surface area contributed by atoms with E-state index in [0.717, 1.165) is 16.9 Å². The highest BCUT2D eigenvalue weighted by molar-refractivity contribution is 5.99. The molecule has 1 heterocycles. The first-order chi connectivity index (χ1) is 15.6. The highest BCUT2D eigenvalue weighted by Crippen LogP contribution is 2.22. The molecule has 32 heavy (non-hydrogen) atoms. The van der Waals surface area contributed by atoms with Crippen LogP contribution < -0.4 is 10.1 Å². The van der Waals surface area contributed by atoms with Gasteiger partial charge in [0.1, 0.15) is 11.6 Å². The smallest absolute Gasteiger partial charge is 0.338 e. The number of aromatic amines is 1. The Labute approximate surface area is 185 Å². The first kappa shape index (κ1) is 21.1. The fourth-order valence-electron chi connectivity index (χ4n) is 3.29. The summed E-state index contributed by atoms with van der Waals surface area (Å²) in [5, 5.41) is 2.76. The van der Waals surface area contributed by atoms with Crippen LogP contribution in [0.3, 0.4) is 0 Å². The number of hydrogen-bond donors (Lipinski definition) is 2. The van der Waals surface area contributed by atoms with Crippen molar-refractivity contribution in [3.63, 3.8) is 0 Å². The minimum atomic E-state index is -0.915. The van der Waals surface area contributed by atoms with E-state index in [4.69, 9.17) is 9.47 Å². The van der Waals surface area contributed by atoms with Gasteiger partial charge in [-0.25, -0.2) is 9.78 Å². The average Bonchev–Trinajstić information content (AvgIpc) is 3.27. The molecule has 0 spiro atoms. The Balaban J connectivity index is 1.46. The molecule has 162 valence electrons. The summed E-state index contributed by atoms with van der Waals surface area (Å²) in [6, 6.07) is 21.8. The molecule has 1 atom stereocenters. The minimum Gasteiger partial charge on any atom is -0.497 e. The molecule has 4 aromatic rings. The van der Waals surface area contributed by atoms with E-state index in [-0.39, 0.29) is 5.91 Å². The number of anilines is 1. The average molecular weight is 429 g/mol. The lowest BCUT2D eigenvalue weighted by molar-refractivity contribution is -0.124. The Bertz CT molecular complexity index is 1230. The maximum Gasteiger partial charge on any atom is 0.338 e. The van der Waals surface area contributed by atoms with Gasteiger partial charge in [0.2, 0.25) is 0 Å². The predicted molar refractivity (Wildman–Crippen MR) is 123 cm³/mol. The van der Waals surface area contributed by atoms with Crippen LogP contribution in [0.1, 0.15) is 23.7 Å². The number of benzene rings is 3. The summed E-state index contributed by atoms with van der Waals surface area (Å²) in [6.45, 7) is 1.79. The first-order valence-electron chi connectivity index (χ1n) is 10.3. The van der Waals surface area contributed by atoms with E-state index in [1.807, 2.05) is 30.3 Å². The van der Waals surface area contributed by atoms with Crippen molar-refractivity contribution in [3.8, 4) is 17.1 Å². The molecule has 4 rings (SSSR count). The minimum absolute atomic E-state index is 0.344. The number of hydrogen-bond acceptors (Lipinski definition) is 5. The lowest BCUT2D eigenvalue weighted by Crippen LogP contribution is -2.32. The molecule has 1 unspecified atom stereocenters. The lowest BCUT2D eigenvalue weighted by atomic mass is 10.2. The van der Waals surface area contributed by atoms with Crippen LogP contribution in [0.2, 0.25) is 0 Å². The van der Waals surface area contributed by atoms with E-state index < -0.39 is 12.1 Å². The number of H-pyrrole nitrogens is 1. The number of nitrogens with one attached hydrogen (secondary N) is 2. The molecule has 2 N–H and O–H groups in total. The Morgan fingerprint density at radius 1 is 1.03 bits per heavy atom. The number of fused-ring (bicyclic) bond motifs is 1. The number of ether oxygens (including phenoxy) is 2. The van der Waals surface area contributed by atoms with Crippen LogP contribution in [0, 0.1) is 0 Å². The van der Waals surface area contributed by atoms with Crippen LogP contribution >= 0.6 is 0 Å². The summed E-state index contributed by atoms with van der Waals surface area (Å²) in [6.07, 6.45) is -0.569. The van der Waals surface area contributed by atoms with Crippen LogP contribution in [0.15, 0.2) is 72.8 Å². The number of amides is 1. The second-order valence-electron chi connectivity index (χ2n) is 7.20. The molecule has 7 heteroatoms. The van der Waals surface area contributed by atoms with Crippen LogP contribution in [0.5, 0.6) is 5.75 Å². The number of esters is 1. The third-order valence-electron chi connectivity index (χ3n) is 5.03. The van der Waals surface area contributed by atoms with E-state index in [1.165, 1.54) is 0 Å². The van der Waals surface area contributed by atoms with Crippen LogP contribution in [0.4, 0.5) is 5.69 Å². The van der Waals surface area contributed by atoms with Crippen molar-refractivity contribution in [1.82, 2.24) is 9.97 Å². The molecule has 0 saturated heterocycles. The van der Waals surface area contributed by atoms with Gasteiger partial charge in [0.15, 0.2) is 6.10 Å². The Hall–Kier alpha value is -4.13. The summed E-state index contributed by atoms with van der Waals surface area (Å²) in [4.78, 5) is 33.1. The molecule has 0 radical (unpaired) electrons. The predicted octanol–water partition coefficient (Wildman–Crippen LogP) is 4.81. The quantitative estimate of drug-likeness (QED) is 0.411. The molecule has 0 aliphatic rings. The maximum atomic E-state index is 12.7. The van der Waals surface area contributed by atoms with Crippen LogP contribution in [-0.4, -0.2) is 35.1 Å². The van der Waals surface area contributed by atoms with Crippen molar-refractivity contribution < 1.29 is 19.1 Å². The largest absolute Gasteiger partial charge is 0.497 e. The van der Waals surface area contributed by atoms with Crippen molar-refractivity contribution in [2.75, 3.05) is 12.4 Å². The number of imidazole rings is 1. The van der Waals surface area contributed by atoms with Gasteiger partial charge in [-0.3, -0.25) is 4.79 Å². The van der Waals surface area contributed by atoms with E-state index in [2.05, 4.69) is 15.3 Å². The van der Waals surface area contributed by atoms with Crippen molar-refractivity contribution in [1.29, 1.82) is 0 Å².